The first-order valence-corrected chi connectivity index (χ1v) is 6.55. The topological polar surface area (TPSA) is 57.6 Å². The number of piperidine rings is 1. The predicted molar refractivity (Wildman–Crippen MR) is 65.6 cm³/mol. The third-order valence-corrected chi connectivity index (χ3v) is 3.73. The Morgan fingerprint density at radius 1 is 1.35 bits per heavy atom. The molecule has 0 spiro atoms. The van der Waals surface area contributed by atoms with Gasteiger partial charge in [-0.3, -0.25) is 9.59 Å². The molecule has 1 atom stereocenters. The average molecular weight is 241 g/mol. The summed E-state index contributed by atoms with van der Waals surface area (Å²) in [5.41, 5.74) is 0. The fourth-order valence-electron chi connectivity index (χ4n) is 2.26. The second-order valence-corrected chi connectivity index (χ2v) is 5.01. The first kappa shape index (κ1) is 14.0. The van der Waals surface area contributed by atoms with Crippen LogP contribution in [0.25, 0.3) is 0 Å². The second kappa shape index (κ2) is 6.62. The number of hydrogen-bond donors (Lipinski definition) is 1. The van der Waals surface area contributed by atoms with Gasteiger partial charge in [0.05, 0.1) is 0 Å². The van der Waals surface area contributed by atoms with Crippen molar-refractivity contribution < 1.29 is 14.7 Å². The van der Waals surface area contributed by atoms with Gasteiger partial charge >= 0.3 is 5.97 Å². The van der Waals surface area contributed by atoms with E-state index in [0.717, 1.165) is 38.8 Å². The molecule has 0 aromatic heterocycles. The molecule has 0 bridgehead atoms. The number of hydrogen-bond acceptors (Lipinski definition) is 2. The lowest BCUT2D eigenvalue weighted by atomic mass is 9.91. The van der Waals surface area contributed by atoms with Crippen LogP contribution in [0.15, 0.2) is 0 Å². The van der Waals surface area contributed by atoms with Crippen LogP contribution in [0.1, 0.15) is 46.0 Å². The molecule has 1 aliphatic heterocycles. The summed E-state index contributed by atoms with van der Waals surface area (Å²) in [6, 6.07) is 0. The molecule has 0 aliphatic carbocycles. The summed E-state index contributed by atoms with van der Waals surface area (Å²) in [6.07, 6.45) is 3.80. The molecule has 1 rings (SSSR count). The van der Waals surface area contributed by atoms with Gasteiger partial charge < -0.3 is 10.0 Å². The van der Waals surface area contributed by atoms with Gasteiger partial charge in [-0.25, -0.2) is 0 Å². The van der Waals surface area contributed by atoms with E-state index >= 15 is 0 Å². The van der Waals surface area contributed by atoms with Gasteiger partial charge in [0.2, 0.25) is 5.91 Å². The Morgan fingerprint density at radius 3 is 2.41 bits per heavy atom. The minimum atomic E-state index is -0.719. The lowest BCUT2D eigenvalue weighted by Gasteiger charge is -2.33. The molecule has 4 heteroatoms. The molecule has 17 heavy (non-hydrogen) atoms. The van der Waals surface area contributed by atoms with Crippen molar-refractivity contribution in [1.29, 1.82) is 0 Å². The van der Waals surface area contributed by atoms with E-state index in [4.69, 9.17) is 5.11 Å². The first-order valence-electron chi connectivity index (χ1n) is 6.55. The summed E-state index contributed by atoms with van der Waals surface area (Å²) in [5.74, 6) is 0.130. The molecule has 98 valence electrons. The molecular formula is C13H23NO3. The van der Waals surface area contributed by atoms with E-state index in [0.29, 0.717) is 5.92 Å². The minimum Gasteiger partial charge on any atom is -0.481 e. The van der Waals surface area contributed by atoms with Crippen LogP contribution in [0.2, 0.25) is 0 Å². The van der Waals surface area contributed by atoms with Crippen LogP contribution >= 0.6 is 0 Å². The van der Waals surface area contributed by atoms with Gasteiger partial charge in [-0.1, -0.05) is 13.8 Å². The molecule has 0 saturated carbocycles. The van der Waals surface area contributed by atoms with Crippen LogP contribution < -0.4 is 0 Å². The lowest BCUT2D eigenvalue weighted by Crippen LogP contribution is -2.41. The summed E-state index contributed by atoms with van der Waals surface area (Å²) in [4.78, 5) is 24.3. The minimum absolute atomic E-state index is 0.116. The number of aliphatic carboxylic acids is 1. The lowest BCUT2D eigenvalue weighted by molar-refractivity contribution is -0.139. The molecule has 1 unspecified atom stereocenters. The van der Waals surface area contributed by atoms with Crippen LogP contribution in [0.5, 0.6) is 0 Å². The Bertz CT molecular complexity index is 270. The Labute approximate surface area is 103 Å². The number of carbonyl (C=O) groups is 2. The van der Waals surface area contributed by atoms with Gasteiger partial charge in [0.1, 0.15) is 0 Å². The average Bonchev–Trinajstić information content (AvgIpc) is 2.35. The van der Waals surface area contributed by atoms with Crippen molar-refractivity contribution in [3.8, 4) is 0 Å². The summed E-state index contributed by atoms with van der Waals surface area (Å²) in [7, 11) is 0. The summed E-state index contributed by atoms with van der Waals surface area (Å²) < 4.78 is 0. The van der Waals surface area contributed by atoms with Gasteiger partial charge in [-0.05, 0) is 31.6 Å². The van der Waals surface area contributed by atoms with Crippen molar-refractivity contribution >= 4 is 11.9 Å². The summed E-state index contributed by atoms with van der Waals surface area (Å²) in [5, 5.41) is 8.62. The highest BCUT2D eigenvalue weighted by Gasteiger charge is 2.25. The largest absolute Gasteiger partial charge is 0.481 e. The summed E-state index contributed by atoms with van der Waals surface area (Å²) >= 11 is 0. The maximum Gasteiger partial charge on any atom is 0.303 e. The fourth-order valence-corrected chi connectivity index (χ4v) is 2.26. The number of carbonyl (C=O) groups excluding carboxylic acids is 1. The first-order chi connectivity index (χ1) is 8.04. The Balaban J connectivity index is 2.30. The molecule has 0 aromatic carbocycles. The molecular weight excluding hydrogens is 218 g/mol. The molecule has 1 heterocycles. The van der Waals surface area contributed by atoms with E-state index in [1.54, 1.807) is 0 Å². The fraction of sp³-hybridized carbons (Fsp3) is 0.846. The van der Waals surface area contributed by atoms with Crippen LogP contribution in [0.3, 0.4) is 0 Å². The highest BCUT2D eigenvalue weighted by atomic mass is 16.4. The third-order valence-electron chi connectivity index (χ3n) is 3.73. The molecule has 1 saturated heterocycles. The highest BCUT2D eigenvalue weighted by molar-refractivity contribution is 5.78. The van der Waals surface area contributed by atoms with Crippen molar-refractivity contribution in [3.05, 3.63) is 0 Å². The standard InChI is InChI=1S/C13H23NO3/c1-3-10(2)13(17)14-8-6-11(7-9-14)4-5-12(15)16/h10-11H,3-9H2,1-2H3,(H,15,16). The summed E-state index contributed by atoms with van der Waals surface area (Å²) in [6.45, 7) is 5.60. The van der Waals surface area contributed by atoms with Gasteiger partial charge in [-0.15, -0.1) is 0 Å². The predicted octanol–water partition coefficient (Wildman–Crippen LogP) is 2.14. The molecule has 1 N–H and O–H groups in total. The molecule has 0 radical (unpaired) electrons. The van der Waals surface area contributed by atoms with Crippen molar-refractivity contribution in [2.24, 2.45) is 11.8 Å². The van der Waals surface area contributed by atoms with Crippen molar-refractivity contribution in [2.45, 2.75) is 46.0 Å². The van der Waals surface area contributed by atoms with Gasteiger partial charge in [0, 0.05) is 25.4 Å². The van der Waals surface area contributed by atoms with Crippen molar-refractivity contribution in [1.82, 2.24) is 4.90 Å². The number of amides is 1. The number of nitrogens with zero attached hydrogens (tertiary/aromatic N) is 1. The number of carboxylic acid groups (broad SMARTS) is 1. The van der Waals surface area contributed by atoms with Gasteiger partial charge in [-0.2, -0.15) is 0 Å². The molecule has 1 aliphatic rings. The normalized spacial score (nSPS) is 19.1. The molecule has 1 amide bonds. The SMILES string of the molecule is CCC(C)C(=O)N1CCC(CCC(=O)O)CC1. The third kappa shape index (κ3) is 4.36. The highest BCUT2D eigenvalue weighted by Crippen LogP contribution is 2.23. The quantitative estimate of drug-likeness (QED) is 0.802. The Hall–Kier alpha value is -1.06. The van der Waals surface area contributed by atoms with E-state index in [1.807, 2.05) is 18.7 Å². The van der Waals surface area contributed by atoms with Crippen LogP contribution in [0, 0.1) is 11.8 Å². The molecule has 4 nitrogen and oxygen atoms in total. The van der Waals surface area contributed by atoms with Gasteiger partial charge in [0.15, 0.2) is 0 Å². The zero-order valence-electron chi connectivity index (χ0n) is 10.8. The van der Waals surface area contributed by atoms with E-state index < -0.39 is 5.97 Å². The Kier molecular flexibility index (Phi) is 5.45. The zero-order chi connectivity index (χ0) is 12.8. The van der Waals surface area contributed by atoms with E-state index in [9.17, 15) is 9.59 Å². The van der Waals surface area contributed by atoms with Crippen LogP contribution in [0.4, 0.5) is 0 Å². The van der Waals surface area contributed by atoms with Gasteiger partial charge in [0.25, 0.3) is 0 Å². The number of likely N-dealkylation sites (tertiary alicyclic amines) is 1. The second-order valence-electron chi connectivity index (χ2n) is 5.01. The maximum atomic E-state index is 11.9. The Morgan fingerprint density at radius 2 is 1.94 bits per heavy atom. The maximum absolute atomic E-state index is 11.9. The van der Waals surface area contributed by atoms with E-state index in [-0.39, 0.29) is 18.2 Å². The zero-order valence-corrected chi connectivity index (χ0v) is 10.8. The van der Waals surface area contributed by atoms with E-state index in [1.165, 1.54) is 0 Å². The molecule has 0 aromatic rings. The molecule has 1 fully saturated rings. The smallest absolute Gasteiger partial charge is 0.303 e. The van der Waals surface area contributed by atoms with E-state index in [2.05, 4.69) is 0 Å². The van der Waals surface area contributed by atoms with Crippen molar-refractivity contribution in [2.75, 3.05) is 13.1 Å². The number of rotatable bonds is 5. The monoisotopic (exact) mass is 241 g/mol. The van der Waals surface area contributed by atoms with Crippen LogP contribution in [-0.2, 0) is 9.59 Å². The van der Waals surface area contributed by atoms with Crippen molar-refractivity contribution in [3.63, 3.8) is 0 Å². The van der Waals surface area contributed by atoms with Crippen LogP contribution in [-0.4, -0.2) is 35.0 Å². The number of carboxylic acids is 1.